The Bertz CT molecular complexity index is 733. The fourth-order valence-corrected chi connectivity index (χ4v) is 2.54. The number of hydrogen-bond donors (Lipinski definition) is 0. The van der Waals surface area contributed by atoms with E-state index >= 15 is 0 Å². The molecule has 0 saturated carbocycles. The Morgan fingerprint density at radius 2 is 1.91 bits per heavy atom. The molecule has 0 aliphatic heterocycles. The van der Waals surface area contributed by atoms with Crippen LogP contribution in [0.2, 0.25) is 0 Å². The average Bonchev–Trinajstić information content (AvgIpc) is 2.47. The normalized spacial score (nSPS) is 25.1. The number of benzene rings is 1. The summed E-state index contributed by atoms with van der Waals surface area (Å²) in [6, 6.07) is 8.12. The molecule has 1 unspecified atom stereocenters. The standard InChI is InChI=1S/C21H22O/c1-15-8-5-6-10-19(15)12-13-20-11-7-9-16(2)21(18(4)22)14-17(20)3/h5-8,10-11,14,16H,9H2,1-4H3/b11-7+,20-17+,21-14+. The first kappa shape index (κ1) is 16.0. The maximum Gasteiger partial charge on any atom is 0.156 e. The number of hydrogen-bond acceptors (Lipinski definition) is 1. The lowest BCUT2D eigenvalue weighted by Crippen LogP contribution is -2.08. The van der Waals surface area contributed by atoms with Crippen molar-refractivity contribution in [2.45, 2.75) is 34.1 Å². The number of allylic oxidation sites excluding steroid dienone is 6. The van der Waals surface area contributed by atoms with Crippen molar-refractivity contribution < 1.29 is 4.79 Å². The van der Waals surface area contributed by atoms with E-state index in [1.807, 2.05) is 31.2 Å². The van der Waals surface area contributed by atoms with E-state index in [9.17, 15) is 4.79 Å². The molecule has 0 bridgehead atoms. The third-order valence-electron chi connectivity index (χ3n) is 3.99. The van der Waals surface area contributed by atoms with Gasteiger partial charge in [0.2, 0.25) is 0 Å². The molecule has 0 radical (unpaired) electrons. The zero-order valence-electron chi connectivity index (χ0n) is 13.7. The van der Waals surface area contributed by atoms with Crippen LogP contribution < -0.4 is 0 Å². The van der Waals surface area contributed by atoms with Crippen molar-refractivity contribution in [1.29, 1.82) is 0 Å². The maximum absolute atomic E-state index is 11.8. The van der Waals surface area contributed by atoms with Gasteiger partial charge in [-0.2, -0.15) is 0 Å². The van der Waals surface area contributed by atoms with Crippen LogP contribution in [0.15, 0.2) is 59.2 Å². The first-order valence-corrected chi connectivity index (χ1v) is 7.66. The van der Waals surface area contributed by atoms with Crippen molar-refractivity contribution >= 4 is 5.78 Å². The molecule has 22 heavy (non-hydrogen) atoms. The molecule has 1 heteroatoms. The highest BCUT2D eigenvalue weighted by molar-refractivity contribution is 5.94. The van der Waals surface area contributed by atoms with Crippen molar-refractivity contribution in [1.82, 2.24) is 0 Å². The molecule has 0 fully saturated rings. The van der Waals surface area contributed by atoms with Gasteiger partial charge in [0.15, 0.2) is 5.78 Å². The third kappa shape index (κ3) is 3.86. The number of ketones is 1. The molecule has 1 aromatic rings. The van der Waals surface area contributed by atoms with Crippen LogP contribution in [-0.2, 0) is 4.79 Å². The van der Waals surface area contributed by atoms with Crippen LogP contribution in [0.5, 0.6) is 0 Å². The zero-order valence-corrected chi connectivity index (χ0v) is 13.7. The Morgan fingerprint density at radius 1 is 1.18 bits per heavy atom. The molecule has 0 heterocycles. The number of aryl methyl sites for hydroxylation is 1. The lowest BCUT2D eigenvalue weighted by Gasteiger charge is -2.14. The molecule has 0 N–H and O–H groups in total. The summed E-state index contributed by atoms with van der Waals surface area (Å²) < 4.78 is 0. The minimum absolute atomic E-state index is 0.147. The fraction of sp³-hybridized carbons (Fsp3) is 0.286. The van der Waals surface area contributed by atoms with Gasteiger partial charge in [0.25, 0.3) is 0 Å². The molecule has 2 rings (SSSR count). The summed E-state index contributed by atoms with van der Waals surface area (Å²) in [7, 11) is 0. The van der Waals surface area contributed by atoms with Crippen molar-refractivity contribution in [3.8, 4) is 11.8 Å². The summed E-state index contributed by atoms with van der Waals surface area (Å²) in [5.74, 6) is 6.91. The number of carbonyl (C=O) groups is 1. The Balaban J connectivity index is 2.44. The second kappa shape index (κ2) is 7.09. The molecular weight excluding hydrogens is 268 g/mol. The average molecular weight is 290 g/mol. The van der Waals surface area contributed by atoms with Crippen LogP contribution in [0.4, 0.5) is 0 Å². The van der Waals surface area contributed by atoms with Gasteiger partial charge in [-0.25, -0.2) is 0 Å². The van der Waals surface area contributed by atoms with E-state index < -0.39 is 0 Å². The minimum Gasteiger partial charge on any atom is -0.295 e. The SMILES string of the molecule is CC(=O)/C1=C/C(C)=C(C#Cc2ccccc2C)\C=C\CC1C. The van der Waals surface area contributed by atoms with E-state index in [0.717, 1.165) is 28.7 Å². The van der Waals surface area contributed by atoms with Crippen LogP contribution >= 0.6 is 0 Å². The monoisotopic (exact) mass is 290 g/mol. The van der Waals surface area contributed by atoms with Gasteiger partial charge in [-0.05, 0) is 55.9 Å². The van der Waals surface area contributed by atoms with E-state index in [-0.39, 0.29) is 11.7 Å². The number of Topliss-reactive ketones (excluding diaryl/α,β-unsaturated/α-hetero) is 1. The Labute approximate surface area is 133 Å². The molecule has 1 nitrogen and oxygen atoms in total. The second-order valence-electron chi connectivity index (χ2n) is 5.86. The summed E-state index contributed by atoms with van der Waals surface area (Å²) in [5.41, 5.74) is 5.14. The van der Waals surface area contributed by atoms with Gasteiger partial charge in [0.05, 0.1) is 0 Å². The lowest BCUT2D eigenvalue weighted by molar-refractivity contribution is -0.114. The van der Waals surface area contributed by atoms with Crippen molar-refractivity contribution in [2.24, 2.45) is 5.92 Å². The molecule has 0 spiro atoms. The Hall–Kier alpha value is -2.33. The Kier molecular flexibility index (Phi) is 5.17. The van der Waals surface area contributed by atoms with Crippen LogP contribution in [0.1, 0.15) is 38.3 Å². The van der Waals surface area contributed by atoms with E-state index in [4.69, 9.17) is 0 Å². The van der Waals surface area contributed by atoms with E-state index in [1.54, 1.807) is 6.92 Å². The molecule has 0 amide bonds. The van der Waals surface area contributed by atoms with Gasteiger partial charge in [-0.1, -0.05) is 55.2 Å². The summed E-state index contributed by atoms with van der Waals surface area (Å²) in [6.07, 6.45) is 7.06. The van der Waals surface area contributed by atoms with E-state index in [2.05, 4.69) is 43.9 Å². The first-order valence-electron chi connectivity index (χ1n) is 7.66. The van der Waals surface area contributed by atoms with Gasteiger partial charge in [0.1, 0.15) is 0 Å². The summed E-state index contributed by atoms with van der Waals surface area (Å²) in [6.45, 7) is 7.82. The van der Waals surface area contributed by atoms with Crippen LogP contribution in [0, 0.1) is 24.7 Å². The predicted molar refractivity (Wildman–Crippen MR) is 92.4 cm³/mol. The number of rotatable bonds is 1. The molecule has 112 valence electrons. The largest absolute Gasteiger partial charge is 0.295 e. The molecule has 1 atom stereocenters. The van der Waals surface area contributed by atoms with Gasteiger partial charge in [-0.15, -0.1) is 0 Å². The highest BCUT2D eigenvalue weighted by atomic mass is 16.1. The minimum atomic E-state index is 0.147. The summed E-state index contributed by atoms with van der Waals surface area (Å²) in [4.78, 5) is 11.8. The van der Waals surface area contributed by atoms with Gasteiger partial charge in [-0.3, -0.25) is 4.79 Å². The molecule has 1 aromatic carbocycles. The van der Waals surface area contributed by atoms with E-state index in [1.165, 1.54) is 5.56 Å². The summed E-state index contributed by atoms with van der Waals surface area (Å²) >= 11 is 0. The molecule has 1 aliphatic carbocycles. The second-order valence-corrected chi connectivity index (χ2v) is 5.86. The highest BCUT2D eigenvalue weighted by Gasteiger charge is 2.14. The molecule has 0 saturated heterocycles. The van der Waals surface area contributed by atoms with Crippen molar-refractivity contribution in [3.63, 3.8) is 0 Å². The van der Waals surface area contributed by atoms with E-state index in [0.29, 0.717) is 0 Å². The fourth-order valence-electron chi connectivity index (χ4n) is 2.54. The highest BCUT2D eigenvalue weighted by Crippen LogP contribution is 2.23. The summed E-state index contributed by atoms with van der Waals surface area (Å²) in [5, 5.41) is 0. The van der Waals surface area contributed by atoms with Crippen LogP contribution in [0.25, 0.3) is 0 Å². The first-order chi connectivity index (χ1) is 10.5. The third-order valence-corrected chi connectivity index (χ3v) is 3.99. The smallest absolute Gasteiger partial charge is 0.156 e. The molecule has 0 aromatic heterocycles. The van der Waals surface area contributed by atoms with Crippen LogP contribution in [-0.4, -0.2) is 5.78 Å². The van der Waals surface area contributed by atoms with Crippen molar-refractivity contribution in [2.75, 3.05) is 0 Å². The number of carbonyl (C=O) groups excluding carboxylic acids is 1. The zero-order chi connectivity index (χ0) is 16.1. The molecular formula is C21H22O. The van der Waals surface area contributed by atoms with Crippen molar-refractivity contribution in [3.05, 3.63) is 70.3 Å². The predicted octanol–water partition coefficient (Wildman–Crippen LogP) is 4.77. The van der Waals surface area contributed by atoms with Crippen LogP contribution in [0.3, 0.4) is 0 Å². The Morgan fingerprint density at radius 3 is 2.59 bits per heavy atom. The molecule has 1 aliphatic rings. The van der Waals surface area contributed by atoms with Gasteiger partial charge in [0, 0.05) is 11.1 Å². The van der Waals surface area contributed by atoms with Gasteiger partial charge >= 0.3 is 0 Å². The lowest BCUT2D eigenvalue weighted by atomic mass is 9.89. The maximum atomic E-state index is 11.8. The quantitative estimate of drug-likeness (QED) is 0.681. The van der Waals surface area contributed by atoms with Gasteiger partial charge < -0.3 is 0 Å². The topological polar surface area (TPSA) is 17.1 Å².